The van der Waals surface area contributed by atoms with Gasteiger partial charge in [0.25, 0.3) is 0 Å². The van der Waals surface area contributed by atoms with E-state index in [0.717, 1.165) is 11.4 Å². The molecule has 0 amide bonds. The van der Waals surface area contributed by atoms with E-state index in [2.05, 4.69) is 20.7 Å². The summed E-state index contributed by atoms with van der Waals surface area (Å²) in [5.41, 5.74) is 3.38. The molecule has 0 spiro atoms. The number of hydrogen-bond donors (Lipinski definition) is 3. The normalized spacial score (nSPS) is 10.2. The predicted molar refractivity (Wildman–Crippen MR) is 81.4 cm³/mol. The molecule has 0 aliphatic heterocycles. The first-order valence-electron chi connectivity index (χ1n) is 6.58. The van der Waals surface area contributed by atoms with E-state index < -0.39 is 0 Å². The van der Waals surface area contributed by atoms with Crippen LogP contribution in [0.2, 0.25) is 0 Å². The van der Waals surface area contributed by atoms with Crippen LogP contribution in [0, 0.1) is 0 Å². The number of nitrogens with zero attached hydrogens (tertiary/aromatic N) is 2. The number of methoxy groups -OCH3 is 1. The third kappa shape index (κ3) is 4.30. The molecule has 0 aliphatic rings. The van der Waals surface area contributed by atoms with Gasteiger partial charge in [0.2, 0.25) is 0 Å². The molecule has 7 heteroatoms. The van der Waals surface area contributed by atoms with Crippen molar-refractivity contribution in [2.75, 3.05) is 24.5 Å². The van der Waals surface area contributed by atoms with E-state index in [-0.39, 0.29) is 0 Å². The fourth-order valence-corrected chi connectivity index (χ4v) is 1.74. The second kappa shape index (κ2) is 7.41. The quantitative estimate of drug-likeness (QED) is 0.530. The van der Waals surface area contributed by atoms with Gasteiger partial charge in [-0.1, -0.05) is 6.07 Å². The first-order valence-corrected chi connectivity index (χ1v) is 6.58. The third-order valence-corrected chi connectivity index (χ3v) is 2.70. The van der Waals surface area contributed by atoms with Crippen LogP contribution < -0.4 is 21.3 Å². The summed E-state index contributed by atoms with van der Waals surface area (Å²) in [5.74, 6) is 7.89. The molecule has 2 rings (SSSR count). The Labute approximate surface area is 123 Å². The highest BCUT2D eigenvalue weighted by molar-refractivity contribution is 5.60. The van der Waals surface area contributed by atoms with E-state index in [1.165, 1.54) is 0 Å². The molecule has 0 saturated carbocycles. The van der Waals surface area contributed by atoms with E-state index in [0.29, 0.717) is 30.7 Å². The minimum Gasteiger partial charge on any atom is -0.497 e. The molecule has 0 atom stereocenters. The summed E-state index contributed by atoms with van der Waals surface area (Å²) >= 11 is 0. The van der Waals surface area contributed by atoms with Gasteiger partial charge in [0.15, 0.2) is 5.82 Å². The Hall–Kier alpha value is -2.38. The Morgan fingerprint density at radius 3 is 2.71 bits per heavy atom. The van der Waals surface area contributed by atoms with Crippen molar-refractivity contribution in [2.24, 2.45) is 5.84 Å². The summed E-state index contributed by atoms with van der Waals surface area (Å²) < 4.78 is 10.5. The van der Waals surface area contributed by atoms with Gasteiger partial charge in [-0.3, -0.25) is 0 Å². The second-order valence-electron chi connectivity index (χ2n) is 4.19. The topological polar surface area (TPSA) is 94.3 Å². The van der Waals surface area contributed by atoms with Crippen LogP contribution in [0.4, 0.5) is 17.3 Å². The molecule has 0 aliphatic carbocycles. The van der Waals surface area contributed by atoms with Crippen LogP contribution in [0.3, 0.4) is 0 Å². The van der Waals surface area contributed by atoms with Crippen LogP contribution in [0.15, 0.2) is 30.3 Å². The molecular formula is C14H19N5O2. The van der Waals surface area contributed by atoms with E-state index in [9.17, 15) is 0 Å². The lowest BCUT2D eigenvalue weighted by atomic mass is 10.3. The van der Waals surface area contributed by atoms with Gasteiger partial charge in [0, 0.05) is 24.4 Å². The van der Waals surface area contributed by atoms with Gasteiger partial charge in [-0.15, -0.1) is 0 Å². The first-order chi connectivity index (χ1) is 10.2. The first kappa shape index (κ1) is 15.0. The average molecular weight is 289 g/mol. The van der Waals surface area contributed by atoms with Crippen LogP contribution in [0.25, 0.3) is 0 Å². The highest BCUT2D eigenvalue weighted by atomic mass is 16.5. The number of nitrogens with one attached hydrogen (secondary N) is 2. The maximum Gasteiger partial charge on any atom is 0.158 e. The van der Waals surface area contributed by atoms with Crippen molar-refractivity contribution < 1.29 is 9.47 Å². The standard InChI is InChI=1S/C14H19N5O2/c1-3-21-9-14-17-12(8-13(18-14)19-15)16-10-5-4-6-11(7-10)20-2/h4-8H,3,9,15H2,1-2H3,(H2,16,17,18,19). The third-order valence-electron chi connectivity index (χ3n) is 2.70. The lowest BCUT2D eigenvalue weighted by Crippen LogP contribution is -2.12. The maximum atomic E-state index is 5.43. The molecule has 1 aromatic carbocycles. The SMILES string of the molecule is CCOCc1nc(NN)cc(Nc2cccc(OC)c2)n1. The maximum absolute atomic E-state index is 5.43. The van der Waals surface area contributed by atoms with E-state index in [4.69, 9.17) is 15.3 Å². The van der Waals surface area contributed by atoms with Crippen molar-refractivity contribution in [3.63, 3.8) is 0 Å². The van der Waals surface area contributed by atoms with E-state index >= 15 is 0 Å². The molecule has 0 fully saturated rings. The second-order valence-corrected chi connectivity index (χ2v) is 4.19. The number of rotatable bonds is 7. The van der Waals surface area contributed by atoms with Crippen molar-refractivity contribution in [3.05, 3.63) is 36.2 Å². The Morgan fingerprint density at radius 2 is 2.00 bits per heavy atom. The van der Waals surface area contributed by atoms with E-state index in [1.54, 1.807) is 13.2 Å². The molecule has 1 aromatic heterocycles. The molecule has 112 valence electrons. The summed E-state index contributed by atoms with van der Waals surface area (Å²) in [7, 11) is 1.63. The summed E-state index contributed by atoms with van der Waals surface area (Å²) in [5, 5.41) is 3.19. The minimum absolute atomic E-state index is 0.332. The molecule has 21 heavy (non-hydrogen) atoms. The van der Waals surface area contributed by atoms with Crippen LogP contribution in [0.1, 0.15) is 12.7 Å². The van der Waals surface area contributed by atoms with Gasteiger partial charge in [-0.05, 0) is 19.1 Å². The van der Waals surface area contributed by atoms with Gasteiger partial charge in [-0.25, -0.2) is 15.8 Å². The Bertz CT molecular complexity index is 591. The summed E-state index contributed by atoms with van der Waals surface area (Å²) in [6.07, 6.45) is 0. The molecule has 0 saturated heterocycles. The molecule has 4 N–H and O–H groups in total. The fraction of sp³-hybridized carbons (Fsp3) is 0.286. The number of nitrogen functional groups attached to an aromatic ring is 1. The molecule has 0 unspecified atom stereocenters. The Balaban J connectivity index is 2.21. The van der Waals surface area contributed by atoms with Crippen molar-refractivity contribution in [3.8, 4) is 5.75 Å². The number of hydrazine groups is 1. The monoisotopic (exact) mass is 289 g/mol. The van der Waals surface area contributed by atoms with Crippen LogP contribution in [-0.4, -0.2) is 23.7 Å². The number of aromatic nitrogens is 2. The summed E-state index contributed by atoms with van der Waals surface area (Å²) in [4.78, 5) is 8.61. The molecule has 2 aromatic rings. The predicted octanol–water partition coefficient (Wildman–Crippen LogP) is 2.05. The highest BCUT2D eigenvalue weighted by Gasteiger charge is 2.05. The largest absolute Gasteiger partial charge is 0.497 e. The minimum atomic E-state index is 0.332. The average Bonchev–Trinajstić information content (AvgIpc) is 2.52. The molecular weight excluding hydrogens is 270 g/mol. The van der Waals surface area contributed by atoms with Crippen molar-refractivity contribution in [1.29, 1.82) is 0 Å². The van der Waals surface area contributed by atoms with Gasteiger partial charge >= 0.3 is 0 Å². The number of hydrogen-bond acceptors (Lipinski definition) is 7. The number of anilines is 3. The smallest absolute Gasteiger partial charge is 0.158 e. The van der Waals surface area contributed by atoms with Gasteiger partial charge in [0.1, 0.15) is 24.0 Å². The zero-order valence-corrected chi connectivity index (χ0v) is 12.1. The zero-order valence-electron chi connectivity index (χ0n) is 12.1. The Morgan fingerprint density at radius 1 is 1.19 bits per heavy atom. The molecule has 0 bridgehead atoms. The summed E-state index contributed by atoms with van der Waals surface area (Å²) in [6.45, 7) is 2.85. The lowest BCUT2D eigenvalue weighted by molar-refractivity contribution is 0.128. The van der Waals surface area contributed by atoms with Crippen molar-refractivity contribution >= 4 is 17.3 Å². The summed E-state index contributed by atoms with van der Waals surface area (Å²) in [6, 6.07) is 9.28. The Kier molecular flexibility index (Phi) is 5.30. The number of ether oxygens (including phenoxy) is 2. The molecule has 0 radical (unpaired) electrons. The zero-order chi connectivity index (χ0) is 15.1. The molecule has 7 nitrogen and oxygen atoms in total. The number of nitrogens with two attached hydrogens (primary N) is 1. The number of benzene rings is 1. The molecule has 1 heterocycles. The van der Waals surface area contributed by atoms with Crippen LogP contribution in [0.5, 0.6) is 5.75 Å². The van der Waals surface area contributed by atoms with E-state index in [1.807, 2.05) is 31.2 Å². The van der Waals surface area contributed by atoms with Gasteiger partial charge in [0.05, 0.1) is 7.11 Å². The van der Waals surface area contributed by atoms with Crippen LogP contribution >= 0.6 is 0 Å². The van der Waals surface area contributed by atoms with Crippen LogP contribution in [-0.2, 0) is 11.3 Å². The fourth-order valence-electron chi connectivity index (χ4n) is 1.74. The highest BCUT2D eigenvalue weighted by Crippen LogP contribution is 2.21. The van der Waals surface area contributed by atoms with Gasteiger partial charge in [-0.2, -0.15) is 0 Å². The lowest BCUT2D eigenvalue weighted by Gasteiger charge is -2.10. The van der Waals surface area contributed by atoms with Crippen molar-refractivity contribution in [1.82, 2.24) is 9.97 Å². The van der Waals surface area contributed by atoms with Crippen molar-refractivity contribution in [2.45, 2.75) is 13.5 Å². The van der Waals surface area contributed by atoms with Gasteiger partial charge < -0.3 is 20.2 Å².